The molecule has 0 unspecified atom stereocenters. The fraction of sp³-hybridized carbons (Fsp3) is 0.412. The van der Waals surface area contributed by atoms with Crippen molar-refractivity contribution < 1.29 is 19.4 Å². The second-order valence-corrected chi connectivity index (χ2v) is 6.47. The number of carbonyl (C=O) groups is 1. The average Bonchev–Trinajstić information content (AvgIpc) is 2.88. The van der Waals surface area contributed by atoms with Gasteiger partial charge >= 0.3 is 0 Å². The first kappa shape index (κ1) is 17.8. The third-order valence-corrected chi connectivity index (χ3v) is 4.61. The molecule has 0 saturated carbocycles. The molecule has 25 heavy (non-hydrogen) atoms. The molecule has 2 heterocycles. The molecule has 0 fully saturated rings. The summed E-state index contributed by atoms with van der Waals surface area (Å²) in [5.74, 6) is -0.540. The molecule has 2 aromatic rings. The van der Waals surface area contributed by atoms with Gasteiger partial charge in [0.25, 0.3) is 0 Å². The van der Waals surface area contributed by atoms with Crippen LogP contribution in [-0.2, 0) is 24.3 Å². The van der Waals surface area contributed by atoms with Crippen molar-refractivity contribution in [3.8, 4) is 0 Å². The van der Waals surface area contributed by atoms with Gasteiger partial charge in [-0.25, -0.2) is 4.39 Å². The van der Waals surface area contributed by atoms with Crippen LogP contribution in [0.25, 0.3) is 0 Å². The Labute approximate surface area is 149 Å². The van der Waals surface area contributed by atoms with E-state index in [-0.39, 0.29) is 17.4 Å². The molecule has 1 aliphatic rings. The van der Waals surface area contributed by atoms with Crippen LogP contribution in [0.1, 0.15) is 29.5 Å². The first-order valence-electron chi connectivity index (χ1n) is 8.05. The predicted octanol–water partition coefficient (Wildman–Crippen LogP) is 1.68. The minimum Gasteiger partial charge on any atom is -0.393 e. The maximum absolute atomic E-state index is 13.1. The molecule has 0 radical (unpaired) electrons. The number of nitrogens with zero attached hydrogens (tertiary/aromatic N) is 3. The second-order valence-electron chi connectivity index (χ2n) is 6.06. The van der Waals surface area contributed by atoms with Crippen LogP contribution in [-0.4, -0.2) is 44.0 Å². The Morgan fingerprint density at radius 2 is 2.16 bits per heavy atom. The lowest BCUT2D eigenvalue weighted by molar-refractivity contribution is -0.131. The molecule has 1 amide bonds. The molecule has 1 aliphatic heterocycles. The quantitative estimate of drug-likeness (QED) is 0.861. The number of halogens is 2. The second kappa shape index (κ2) is 7.51. The smallest absolute Gasteiger partial charge is 0.227 e. The van der Waals surface area contributed by atoms with E-state index >= 15 is 0 Å². The van der Waals surface area contributed by atoms with E-state index in [9.17, 15) is 14.3 Å². The summed E-state index contributed by atoms with van der Waals surface area (Å²) in [5, 5.41) is 23.3. The Morgan fingerprint density at radius 3 is 2.88 bits per heavy atom. The summed E-state index contributed by atoms with van der Waals surface area (Å²) in [6.07, 6.45) is -0.201. The van der Waals surface area contributed by atoms with Crippen molar-refractivity contribution in [1.29, 1.82) is 0 Å². The first-order chi connectivity index (χ1) is 12.0. The van der Waals surface area contributed by atoms with Crippen LogP contribution in [0.2, 0.25) is 5.02 Å². The van der Waals surface area contributed by atoms with Gasteiger partial charge in [0, 0.05) is 18.1 Å². The standard InChI is InChI=1S/C17H19ClFN3O3/c18-14-7-12(19)3-2-11(14)6-17(25)21-4-1-5-22-13(9-21)8-15(20-22)16(24)10-23/h2-3,7-8,16,23-24H,1,4-6,9-10H2/t16-/m1/s1. The molecule has 1 aromatic heterocycles. The van der Waals surface area contributed by atoms with E-state index in [0.29, 0.717) is 30.9 Å². The number of hydrogen-bond acceptors (Lipinski definition) is 4. The van der Waals surface area contributed by atoms with Gasteiger partial charge in [-0.2, -0.15) is 5.10 Å². The molecule has 3 rings (SSSR count). The maximum atomic E-state index is 13.1. The largest absolute Gasteiger partial charge is 0.393 e. The summed E-state index contributed by atoms with van der Waals surface area (Å²) in [6, 6.07) is 5.71. The Kier molecular flexibility index (Phi) is 5.36. The molecule has 134 valence electrons. The number of hydrogen-bond donors (Lipinski definition) is 2. The Morgan fingerprint density at radius 1 is 1.36 bits per heavy atom. The maximum Gasteiger partial charge on any atom is 0.227 e. The fourth-order valence-corrected chi connectivity index (χ4v) is 3.13. The number of aliphatic hydroxyl groups excluding tert-OH is 2. The summed E-state index contributed by atoms with van der Waals surface area (Å²) in [7, 11) is 0. The predicted molar refractivity (Wildman–Crippen MR) is 89.4 cm³/mol. The summed E-state index contributed by atoms with van der Waals surface area (Å²) >= 11 is 6.00. The fourth-order valence-electron chi connectivity index (χ4n) is 2.89. The average molecular weight is 368 g/mol. The lowest BCUT2D eigenvalue weighted by Crippen LogP contribution is -2.32. The molecule has 0 saturated heterocycles. The number of aryl methyl sites for hydroxylation is 1. The van der Waals surface area contributed by atoms with Crippen LogP contribution in [0.15, 0.2) is 24.3 Å². The molecular weight excluding hydrogens is 349 g/mol. The zero-order chi connectivity index (χ0) is 18.0. The summed E-state index contributed by atoms with van der Waals surface area (Å²) < 4.78 is 14.9. The topological polar surface area (TPSA) is 78.6 Å². The third-order valence-electron chi connectivity index (χ3n) is 4.26. The van der Waals surface area contributed by atoms with Crippen molar-refractivity contribution in [2.45, 2.75) is 32.0 Å². The number of rotatable bonds is 4. The van der Waals surface area contributed by atoms with Gasteiger partial charge in [-0.05, 0) is 30.2 Å². The number of fused-ring (bicyclic) bond motifs is 1. The minimum absolute atomic E-state index is 0.0966. The van der Waals surface area contributed by atoms with Gasteiger partial charge < -0.3 is 15.1 Å². The molecule has 0 aliphatic carbocycles. The highest BCUT2D eigenvalue weighted by Crippen LogP contribution is 2.21. The van der Waals surface area contributed by atoms with Gasteiger partial charge in [0.2, 0.25) is 5.91 Å². The molecule has 0 spiro atoms. The van der Waals surface area contributed by atoms with Crippen LogP contribution in [0.3, 0.4) is 0 Å². The van der Waals surface area contributed by atoms with Crippen LogP contribution in [0.5, 0.6) is 0 Å². The van der Waals surface area contributed by atoms with Gasteiger partial charge in [-0.1, -0.05) is 17.7 Å². The van der Waals surface area contributed by atoms with Gasteiger partial charge in [0.15, 0.2) is 0 Å². The molecular formula is C17H19ClFN3O3. The highest BCUT2D eigenvalue weighted by molar-refractivity contribution is 6.31. The lowest BCUT2D eigenvalue weighted by atomic mass is 10.1. The van der Waals surface area contributed by atoms with E-state index < -0.39 is 18.5 Å². The number of amides is 1. The number of benzene rings is 1. The number of aromatic nitrogens is 2. The van der Waals surface area contributed by atoms with Crippen LogP contribution in [0, 0.1) is 5.82 Å². The molecule has 8 heteroatoms. The normalized spacial score (nSPS) is 15.6. The SMILES string of the molecule is O=C(Cc1ccc(F)cc1Cl)N1CCCn2nc([C@H](O)CO)cc2C1. The van der Waals surface area contributed by atoms with Crippen LogP contribution < -0.4 is 0 Å². The van der Waals surface area contributed by atoms with Gasteiger partial charge in [-0.15, -0.1) is 0 Å². The monoisotopic (exact) mass is 367 g/mol. The van der Waals surface area contributed by atoms with Crippen molar-refractivity contribution in [3.05, 3.63) is 52.1 Å². The van der Waals surface area contributed by atoms with Crippen molar-refractivity contribution in [1.82, 2.24) is 14.7 Å². The van der Waals surface area contributed by atoms with Crippen molar-refractivity contribution in [3.63, 3.8) is 0 Å². The van der Waals surface area contributed by atoms with Gasteiger partial charge in [0.1, 0.15) is 11.9 Å². The molecule has 1 atom stereocenters. The van der Waals surface area contributed by atoms with E-state index in [1.165, 1.54) is 18.2 Å². The summed E-state index contributed by atoms with van der Waals surface area (Å²) in [6.45, 7) is 1.18. The van der Waals surface area contributed by atoms with Crippen LogP contribution in [0.4, 0.5) is 4.39 Å². The van der Waals surface area contributed by atoms with Gasteiger partial charge in [0.05, 0.1) is 31.0 Å². The zero-order valence-corrected chi connectivity index (χ0v) is 14.3. The third kappa shape index (κ3) is 4.00. The minimum atomic E-state index is -1.03. The van der Waals surface area contributed by atoms with Gasteiger partial charge in [-0.3, -0.25) is 9.48 Å². The summed E-state index contributed by atoms with van der Waals surface area (Å²) in [4.78, 5) is 14.3. The van der Waals surface area contributed by atoms with E-state index in [1.54, 1.807) is 15.6 Å². The van der Waals surface area contributed by atoms with Crippen molar-refractivity contribution in [2.75, 3.05) is 13.2 Å². The highest BCUT2D eigenvalue weighted by atomic mass is 35.5. The molecule has 6 nitrogen and oxygen atoms in total. The molecule has 1 aromatic carbocycles. The zero-order valence-electron chi connectivity index (χ0n) is 13.5. The highest BCUT2D eigenvalue weighted by Gasteiger charge is 2.23. The van der Waals surface area contributed by atoms with E-state index in [0.717, 1.165) is 12.1 Å². The van der Waals surface area contributed by atoms with E-state index in [2.05, 4.69) is 5.10 Å². The number of carbonyl (C=O) groups excluding carboxylic acids is 1. The Bertz CT molecular complexity index is 780. The van der Waals surface area contributed by atoms with E-state index in [4.69, 9.17) is 16.7 Å². The Balaban J connectivity index is 1.74. The van der Waals surface area contributed by atoms with Crippen LogP contribution >= 0.6 is 11.6 Å². The van der Waals surface area contributed by atoms with Crippen molar-refractivity contribution >= 4 is 17.5 Å². The summed E-state index contributed by atoms with van der Waals surface area (Å²) in [5.41, 5.74) is 1.79. The molecule has 2 N–H and O–H groups in total. The molecule has 0 bridgehead atoms. The first-order valence-corrected chi connectivity index (χ1v) is 8.43. The lowest BCUT2D eigenvalue weighted by Gasteiger charge is -2.20. The Hall–Kier alpha value is -1.96. The van der Waals surface area contributed by atoms with E-state index in [1.807, 2.05) is 0 Å². The van der Waals surface area contributed by atoms with Crippen molar-refractivity contribution in [2.24, 2.45) is 0 Å². The number of aliphatic hydroxyl groups is 2.